The Balaban J connectivity index is 1.70. The van der Waals surface area contributed by atoms with Gasteiger partial charge in [0, 0.05) is 24.2 Å². The lowest BCUT2D eigenvalue weighted by Crippen LogP contribution is -2.47. The number of morpholine rings is 1. The summed E-state index contributed by atoms with van der Waals surface area (Å²) >= 11 is 0. The number of nitrogens with zero attached hydrogens (tertiary/aromatic N) is 1. The lowest BCUT2D eigenvalue weighted by Gasteiger charge is -2.35. The molecule has 4 heteroatoms. The summed E-state index contributed by atoms with van der Waals surface area (Å²) in [6.07, 6.45) is 0. The van der Waals surface area contributed by atoms with Gasteiger partial charge in [0.15, 0.2) is 0 Å². The fourth-order valence-corrected chi connectivity index (χ4v) is 2.92. The second kappa shape index (κ2) is 5.48. The Morgan fingerprint density at radius 3 is 2.05 bits per heavy atom. The predicted molar refractivity (Wildman–Crippen MR) is 80.3 cm³/mol. The Kier molecular flexibility index (Phi) is 3.35. The van der Waals surface area contributed by atoms with Gasteiger partial charge in [-0.25, -0.2) is 10.4 Å². The molecule has 4 nitrogen and oxygen atoms in total. The molecule has 2 heterocycles. The third-order valence-corrected chi connectivity index (χ3v) is 4.00. The highest BCUT2D eigenvalue weighted by Crippen LogP contribution is 2.42. The average molecular weight is 282 g/mol. The van der Waals surface area contributed by atoms with Crippen molar-refractivity contribution in [2.75, 3.05) is 26.3 Å². The molecule has 1 N–H and O–H groups in total. The van der Waals surface area contributed by atoms with Gasteiger partial charge in [-0.3, -0.25) is 0 Å². The molecule has 0 aliphatic carbocycles. The van der Waals surface area contributed by atoms with E-state index in [1.807, 2.05) is 24.3 Å². The molecule has 0 amide bonds. The topological polar surface area (TPSA) is 33.7 Å². The molecular weight excluding hydrogens is 264 g/mol. The van der Waals surface area contributed by atoms with Gasteiger partial charge in [0.25, 0.3) is 0 Å². The number of hydrogen-bond acceptors (Lipinski definition) is 4. The van der Waals surface area contributed by atoms with Crippen LogP contribution < -0.4 is 10.2 Å². The van der Waals surface area contributed by atoms with Gasteiger partial charge in [0.1, 0.15) is 11.5 Å². The molecule has 0 unspecified atom stereocenters. The third-order valence-electron chi connectivity index (χ3n) is 4.00. The minimum atomic E-state index is 0.129. The van der Waals surface area contributed by atoms with Gasteiger partial charge in [0.2, 0.25) is 0 Å². The Morgan fingerprint density at radius 2 is 1.43 bits per heavy atom. The van der Waals surface area contributed by atoms with Crippen molar-refractivity contribution in [3.05, 3.63) is 59.7 Å². The summed E-state index contributed by atoms with van der Waals surface area (Å²) in [6, 6.07) is 16.6. The first-order chi connectivity index (χ1) is 10.4. The van der Waals surface area contributed by atoms with Gasteiger partial charge in [-0.1, -0.05) is 36.4 Å². The van der Waals surface area contributed by atoms with Crippen LogP contribution in [0.25, 0.3) is 0 Å². The molecule has 1 fully saturated rings. The molecule has 0 bridgehead atoms. The molecule has 0 saturated carbocycles. The van der Waals surface area contributed by atoms with Gasteiger partial charge in [-0.15, -0.1) is 0 Å². The van der Waals surface area contributed by atoms with Crippen LogP contribution in [0, 0.1) is 0 Å². The van der Waals surface area contributed by atoms with Crippen LogP contribution in [0.3, 0.4) is 0 Å². The average Bonchev–Trinajstić information content (AvgIpc) is 2.55. The van der Waals surface area contributed by atoms with Gasteiger partial charge in [-0.2, -0.15) is 0 Å². The summed E-state index contributed by atoms with van der Waals surface area (Å²) in [6.45, 7) is 3.36. The fraction of sp³-hybridized carbons (Fsp3) is 0.294. The van der Waals surface area contributed by atoms with Crippen LogP contribution in [0.15, 0.2) is 48.5 Å². The highest BCUT2D eigenvalue weighted by molar-refractivity contribution is 5.52. The minimum Gasteiger partial charge on any atom is -0.457 e. The lowest BCUT2D eigenvalue weighted by atomic mass is 9.95. The van der Waals surface area contributed by atoms with Crippen molar-refractivity contribution in [3.63, 3.8) is 0 Å². The number of para-hydroxylation sites is 2. The lowest BCUT2D eigenvalue weighted by molar-refractivity contribution is 0.00587. The smallest absolute Gasteiger partial charge is 0.132 e. The third kappa shape index (κ3) is 2.42. The molecule has 0 aromatic heterocycles. The quantitative estimate of drug-likeness (QED) is 0.918. The Hall–Kier alpha value is -1.88. The first kappa shape index (κ1) is 12.8. The molecule has 21 heavy (non-hydrogen) atoms. The van der Waals surface area contributed by atoms with Crippen molar-refractivity contribution in [2.24, 2.45) is 0 Å². The van der Waals surface area contributed by atoms with E-state index in [9.17, 15) is 0 Å². The van der Waals surface area contributed by atoms with Crippen molar-refractivity contribution < 1.29 is 9.47 Å². The first-order valence-corrected chi connectivity index (χ1v) is 7.36. The first-order valence-electron chi connectivity index (χ1n) is 7.36. The van der Waals surface area contributed by atoms with Crippen molar-refractivity contribution in [2.45, 2.75) is 6.04 Å². The predicted octanol–water partition coefficient (Wildman–Crippen LogP) is 2.72. The molecule has 0 atom stereocenters. The molecule has 1 saturated heterocycles. The maximum atomic E-state index is 6.01. The molecule has 2 aromatic rings. The summed E-state index contributed by atoms with van der Waals surface area (Å²) in [5.41, 5.74) is 6.01. The number of fused-ring (bicyclic) bond motifs is 2. The number of nitrogens with one attached hydrogen (secondary N) is 1. The van der Waals surface area contributed by atoms with Crippen molar-refractivity contribution in [1.29, 1.82) is 0 Å². The molecule has 4 rings (SSSR count). The van der Waals surface area contributed by atoms with Crippen LogP contribution in [-0.4, -0.2) is 31.3 Å². The Morgan fingerprint density at radius 1 is 0.857 bits per heavy atom. The van der Waals surface area contributed by atoms with Crippen LogP contribution in [0.1, 0.15) is 17.2 Å². The number of hydrazine groups is 1. The summed E-state index contributed by atoms with van der Waals surface area (Å²) in [5.74, 6) is 1.86. The minimum absolute atomic E-state index is 0.129. The van der Waals surface area contributed by atoms with Crippen molar-refractivity contribution in [1.82, 2.24) is 10.4 Å². The molecular formula is C17H18N2O2. The normalized spacial score (nSPS) is 18.7. The van der Waals surface area contributed by atoms with Gasteiger partial charge in [-0.05, 0) is 12.1 Å². The summed E-state index contributed by atoms with van der Waals surface area (Å²) in [5, 5.41) is 2.24. The van der Waals surface area contributed by atoms with Crippen molar-refractivity contribution in [3.8, 4) is 11.5 Å². The largest absolute Gasteiger partial charge is 0.457 e. The Bertz CT molecular complexity index is 593. The van der Waals surface area contributed by atoms with Crippen LogP contribution in [0.2, 0.25) is 0 Å². The highest BCUT2D eigenvalue weighted by Gasteiger charge is 2.28. The fourth-order valence-electron chi connectivity index (χ4n) is 2.92. The van der Waals surface area contributed by atoms with E-state index in [2.05, 4.69) is 34.7 Å². The monoisotopic (exact) mass is 282 g/mol. The van der Waals surface area contributed by atoms with Crippen molar-refractivity contribution >= 4 is 0 Å². The van der Waals surface area contributed by atoms with E-state index >= 15 is 0 Å². The van der Waals surface area contributed by atoms with Crippen LogP contribution in [0.5, 0.6) is 11.5 Å². The molecule has 0 spiro atoms. The second-order valence-electron chi connectivity index (χ2n) is 5.34. The number of ether oxygens (including phenoxy) is 2. The Labute approximate surface area is 124 Å². The van der Waals surface area contributed by atoms with E-state index in [4.69, 9.17) is 9.47 Å². The van der Waals surface area contributed by atoms with E-state index in [0.29, 0.717) is 0 Å². The maximum Gasteiger partial charge on any atom is 0.132 e. The maximum absolute atomic E-state index is 6.01. The van der Waals surface area contributed by atoms with Gasteiger partial charge < -0.3 is 9.47 Å². The van der Waals surface area contributed by atoms with Gasteiger partial charge in [0.05, 0.1) is 19.3 Å². The molecule has 2 aliphatic rings. The number of hydrogen-bond donors (Lipinski definition) is 1. The van der Waals surface area contributed by atoms with Gasteiger partial charge >= 0.3 is 0 Å². The number of rotatable bonds is 2. The molecule has 2 aliphatic heterocycles. The van der Waals surface area contributed by atoms with E-state index < -0.39 is 0 Å². The van der Waals surface area contributed by atoms with E-state index in [0.717, 1.165) is 37.8 Å². The van der Waals surface area contributed by atoms with E-state index in [1.165, 1.54) is 11.1 Å². The van der Waals surface area contributed by atoms with E-state index in [-0.39, 0.29) is 6.04 Å². The summed E-state index contributed by atoms with van der Waals surface area (Å²) in [7, 11) is 0. The zero-order valence-corrected chi connectivity index (χ0v) is 11.8. The second-order valence-corrected chi connectivity index (χ2v) is 5.34. The standard InChI is InChI=1S/C17H18N2O2/c1-3-7-15-13(5-1)17(18-19-9-11-20-12-10-19)14-6-2-4-8-16(14)21-15/h1-8,17-18H,9-12H2. The molecule has 108 valence electrons. The summed E-state index contributed by atoms with van der Waals surface area (Å²) < 4.78 is 11.4. The highest BCUT2D eigenvalue weighted by atomic mass is 16.5. The zero-order valence-electron chi connectivity index (χ0n) is 11.8. The summed E-state index contributed by atoms with van der Waals surface area (Å²) in [4.78, 5) is 0. The van der Waals surface area contributed by atoms with E-state index in [1.54, 1.807) is 0 Å². The van der Waals surface area contributed by atoms with Crippen LogP contribution in [0.4, 0.5) is 0 Å². The SMILES string of the molecule is c1ccc2c(c1)Oc1ccccc1C2NN1CCOCC1. The number of benzene rings is 2. The molecule has 0 radical (unpaired) electrons. The zero-order chi connectivity index (χ0) is 14.1. The van der Waals surface area contributed by atoms with Crippen LogP contribution >= 0.6 is 0 Å². The van der Waals surface area contributed by atoms with Crippen LogP contribution in [-0.2, 0) is 4.74 Å². The molecule has 2 aromatic carbocycles.